The van der Waals surface area contributed by atoms with Crippen LogP contribution in [-0.2, 0) is 0 Å². The summed E-state index contributed by atoms with van der Waals surface area (Å²) in [6, 6.07) is 5.63. The van der Waals surface area contributed by atoms with Crippen molar-refractivity contribution in [2.24, 2.45) is 0 Å². The van der Waals surface area contributed by atoms with Gasteiger partial charge in [0.1, 0.15) is 11.6 Å². The van der Waals surface area contributed by atoms with Gasteiger partial charge in [-0.1, -0.05) is 6.07 Å². The molecule has 1 atom stereocenters. The highest BCUT2D eigenvalue weighted by atomic mass is 19.1. The lowest BCUT2D eigenvalue weighted by Gasteiger charge is -2.07. The Kier molecular flexibility index (Phi) is 2.44. The molecule has 1 aromatic carbocycles. The molecule has 0 aliphatic carbocycles. The van der Waals surface area contributed by atoms with Crippen LogP contribution < -0.4 is 4.74 Å². The number of rotatable bonds is 2. The number of aliphatic hydroxyl groups excluding tert-OH is 1. The molecule has 1 rings (SSSR count). The number of hydrogen-bond donors (Lipinski definition) is 1. The van der Waals surface area contributed by atoms with Gasteiger partial charge in [0.15, 0.2) is 6.29 Å². The third-order valence-corrected chi connectivity index (χ3v) is 1.10. The van der Waals surface area contributed by atoms with Gasteiger partial charge in [-0.15, -0.1) is 0 Å². The van der Waals surface area contributed by atoms with Crippen molar-refractivity contribution in [3.63, 3.8) is 0 Å². The van der Waals surface area contributed by atoms with E-state index >= 15 is 0 Å². The van der Waals surface area contributed by atoms with Crippen LogP contribution in [0.4, 0.5) is 4.39 Å². The zero-order chi connectivity index (χ0) is 8.27. The lowest BCUT2D eigenvalue weighted by atomic mass is 10.3. The van der Waals surface area contributed by atoms with Crippen molar-refractivity contribution in [3.05, 3.63) is 30.1 Å². The number of halogens is 1. The maximum absolute atomic E-state index is 12.5. The standard InChI is InChI=1S/C8H9FO2/c1-6(10)11-8-4-2-3-7(9)5-8/h2-6,10H,1H3. The highest BCUT2D eigenvalue weighted by Gasteiger charge is 1.98. The molecule has 3 heteroatoms. The summed E-state index contributed by atoms with van der Waals surface area (Å²) in [4.78, 5) is 0. The number of benzene rings is 1. The highest BCUT2D eigenvalue weighted by molar-refractivity contribution is 5.22. The minimum atomic E-state index is -0.906. The Hall–Kier alpha value is -1.09. The molecule has 0 saturated carbocycles. The van der Waals surface area contributed by atoms with Gasteiger partial charge in [0.05, 0.1) is 0 Å². The summed E-state index contributed by atoms with van der Waals surface area (Å²) in [6.45, 7) is 1.46. The van der Waals surface area contributed by atoms with Crippen LogP contribution in [-0.4, -0.2) is 11.4 Å². The van der Waals surface area contributed by atoms with Crippen LogP contribution in [0.5, 0.6) is 5.75 Å². The molecule has 11 heavy (non-hydrogen) atoms. The number of aliphatic hydroxyl groups is 1. The zero-order valence-electron chi connectivity index (χ0n) is 6.12. The van der Waals surface area contributed by atoms with E-state index in [1.54, 1.807) is 6.07 Å². The van der Waals surface area contributed by atoms with E-state index in [4.69, 9.17) is 9.84 Å². The van der Waals surface area contributed by atoms with Crippen LogP contribution in [0.2, 0.25) is 0 Å². The molecule has 2 nitrogen and oxygen atoms in total. The average molecular weight is 156 g/mol. The van der Waals surface area contributed by atoms with Crippen LogP contribution >= 0.6 is 0 Å². The Morgan fingerprint density at radius 2 is 2.27 bits per heavy atom. The minimum absolute atomic E-state index is 0.333. The molecule has 0 aromatic heterocycles. The van der Waals surface area contributed by atoms with Gasteiger partial charge in [-0.25, -0.2) is 4.39 Å². The summed E-state index contributed by atoms with van der Waals surface area (Å²) in [7, 11) is 0. The molecule has 0 radical (unpaired) electrons. The van der Waals surface area contributed by atoms with E-state index in [2.05, 4.69) is 0 Å². The summed E-state index contributed by atoms with van der Waals surface area (Å²) in [5, 5.41) is 8.75. The van der Waals surface area contributed by atoms with E-state index in [-0.39, 0.29) is 5.82 Å². The Labute approximate surface area is 64.2 Å². The predicted octanol–water partition coefficient (Wildman–Crippen LogP) is 1.54. The second-order valence-electron chi connectivity index (χ2n) is 2.17. The van der Waals surface area contributed by atoms with Crippen molar-refractivity contribution < 1.29 is 14.2 Å². The molecule has 0 aliphatic rings. The molecule has 0 heterocycles. The Balaban J connectivity index is 2.71. The SMILES string of the molecule is CC(O)Oc1cccc(F)c1. The normalized spacial score (nSPS) is 12.6. The largest absolute Gasteiger partial charge is 0.465 e. The molecular formula is C8H9FO2. The van der Waals surface area contributed by atoms with Gasteiger partial charge in [-0.2, -0.15) is 0 Å². The molecule has 60 valence electrons. The number of hydrogen-bond acceptors (Lipinski definition) is 2. The molecular weight excluding hydrogens is 147 g/mol. The molecule has 0 fully saturated rings. The monoisotopic (exact) mass is 156 g/mol. The van der Waals surface area contributed by atoms with E-state index in [0.29, 0.717) is 5.75 Å². The molecule has 0 amide bonds. The van der Waals surface area contributed by atoms with E-state index < -0.39 is 6.29 Å². The first-order chi connectivity index (χ1) is 5.18. The third kappa shape index (κ3) is 2.55. The fraction of sp³-hybridized carbons (Fsp3) is 0.250. The van der Waals surface area contributed by atoms with Gasteiger partial charge >= 0.3 is 0 Å². The first kappa shape index (κ1) is 8.01. The van der Waals surface area contributed by atoms with Crippen LogP contribution in [0, 0.1) is 5.82 Å². The van der Waals surface area contributed by atoms with Crippen molar-refractivity contribution in [2.45, 2.75) is 13.2 Å². The Morgan fingerprint density at radius 1 is 1.55 bits per heavy atom. The quantitative estimate of drug-likeness (QED) is 0.658. The maximum Gasteiger partial charge on any atom is 0.194 e. The second-order valence-corrected chi connectivity index (χ2v) is 2.17. The van der Waals surface area contributed by atoms with Crippen molar-refractivity contribution >= 4 is 0 Å². The Bertz CT molecular complexity index is 235. The summed E-state index contributed by atoms with van der Waals surface area (Å²) < 4.78 is 17.3. The molecule has 1 N–H and O–H groups in total. The molecule has 0 bridgehead atoms. The average Bonchev–Trinajstić information content (AvgIpc) is 1.85. The van der Waals surface area contributed by atoms with Crippen LogP contribution in [0.1, 0.15) is 6.92 Å². The fourth-order valence-corrected chi connectivity index (χ4v) is 0.737. The van der Waals surface area contributed by atoms with Gasteiger partial charge in [0.2, 0.25) is 0 Å². The van der Waals surface area contributed by atoms with Crippen molar-refractivity contribution in [3.8, 4) is 5.75 Å². The highest BCUT2D eigenvalue weighted by Crippen LogP contribution is 2.12. The maximum atomic E-state index is 12.5. The second kappa shape index (κ2) is 3.34. The summed E-state index contributed by atoms with van der Waals surface area (Å²) in [5.41, 5.74) is 0. The van der Waals surface area contributed by atoms with Crippen LogP contribution in [0.3, 0.4) is 0 Å². The van der Waals surface area contributed by atoms with Gasteiger partial charge in [-0.05, 0) is 19.1 Å². The van der Waals surface area contributed by atoms with E-state index in [0.717, 1.165) is 0 Å². The molecule has 1 aromatic rings. The van der Waals surface area contributed by atoms with Gasteiger partial charge in [0, 0.05) is 6.07 Å². The summed E-state index contributed by atoms with van der Waals surface area (Å²) >= 11 is 0. The lowest BCUT2D eigenvalue weighted by Crippen LogP contribution is -2.09. The molecule has 1 unspecified atom stereocenters. The van der Waals surface area contributed by atoms with E-state index in [1.165, 1.54) is 25.1 Å². The van der Waals surface area contributed by atoms with E-state index in [9.17, 15) is 4.39 Å². The summed E-state index contributed by atoms with van der Waals surface area (Å²) in [5.74, 6) is -0.0387. The molecule has 0 spiro atoms. The van der Waals surface area contributed by atoms with Crippen LogP contribution in [0.15, 0.2) is 24.3 Å². The van der Waals surface area contributed by atoms with Crippen molar-refractivity contribution in [1.29, 1.82) is 0 Å². The molecule has 0 saturated heterocycles. The minimum Gasteiger partial charge on any atom is -0.465 e. The first-order valence-electron chi connectivity index (χ1n) is 3.29. The van der Waals surface area contributed by atoms with Crippen molar-refractivity contribution in [1.82, 2.24) is 0 Å². The van der Waals surface area contributed by atoms with Gasteiger partial charge < -0.3 is 9.84 Å². The topological polar surface area (TPSA) is 29.5 Å². The van der Waals surface area contributed by atoms with Crippen LogP contribution in [0.25, 0.3) is 0 Å². The van der Waals surface area contributed by atoms with E-state index in [1.807, 2.05) is 0 Å². The van der Waals surface area contributed by atoms with Gasteiger partial charge in [0.25, 0.3) is 0 Å². The van der Waals surface area contributed by atoms with Gasteiger partial charge in [-0.3, -0.25) is 0 Å². The van der Waals surface area contributed by atoms with Crippen molar-refractivity contribution in [2.75, 3.05) is 0 Å². The molecule has 0 aliphatic heterocycles. The smallest absolute Gasteiger partial charge is 0.194 e. The summed E-state index contributed by atoms with van der Waals surface area (Å²) in [6.07, 6.45) is -0.906. The fourth-order valence-electron chi connectivity index (χ4n) is 0.737. The number of ether oxygens (including phenoxy) is 1. The lowest BCUT2D eigenvalue weighted by molar-refractivity contribution is -0.000476. The zero-order valence-corrected chi connectivity index (χ0v) is 6.12. The first-order valence-corrected chi connectivity index (χ1v) is 3.29. The third-order valence-electron chi connectivity index (χ3n) is 1.10. The predicted molar refractivity (Wildman–Crippen MR) is 38.7 cm³/mol. The Morgan fingerprint density at radius 3 is 2.82 bits per heavy atom.